The van der Waals surface area contributed by atoms with Gasteiger partial charge >= 0.3 is 0 Å². The van der Waals surface area contributed by atoms with Crippen LogP contribution in [-0.4, -0.2) is 23.9 Å². The zero-order valence-corrected chi connectivity index (χ0v) is 3.73. The molecule has 0 spiro atoms. The quantitative estimate of drug-likeness (QED) is 0.405. The minimum absolute atomic E-state index is 0. The van der Waals surface area contributed by atoms with E-state index in [0.717, 1.165) is 0 Å². The zero-order chi connectivity index (χ0) is 0. The molecule has 0 aliphatic carbocycles. The summed E-state index contributed by atoms with van der Waals surface area (Å²) >= 11 is 0. The van der Waals surface area contributed by atoms with E-state index in [1.807, 2.05) is 0 Å². The average molecular weight is 186 g/mol. The Morgan fingerprint density at radius 3 is 0.600 bits per heavy atom. The van der Waals surface area contributed by atoms with Crippen molar-refractivity contribution >= 4 is 23.9 Å². The minimum atomic E-state index is 0. The first-order valence-corrected chi connectivity index (χ1v) is 0. The Bertz CT molecular complexity index is 6.85. The molecular weight excluding hydrogens is 174 g/mol. The fourth-order valence-corrected chi connectivity index (χ4v) is 0. The summed E-state index contributed by atoms with van der Waals surface area (Å²) in [5.41, 5.74) is 0. The molecule has 0 aromatic carbocycles. The predicted molar refractivity (Wildman–Crippen MR) is 25.9 cm³/mol. The Kier molecular flexibility index (Phi) is 5970. The van der Waals surface area contributed by atoms with E-state index in [-0.39, 0.29) is 50.9 Å². The molecule has 0 aromatic rings. The predicted octanol–water partition coefficient (Wildman–Crippen LogP) is -1.47. The standard InChI is InChI=1S/3CH4.FH.Sn/h3*1H4;1H;/p-1. The van der Waals surface area contributed by atoms with Gasteiger partial charge in [-0.3, -0.25) is 0 Å². The van der Waals surface area contributed by atoms with Crippen molar-refractivity contribution in [3.63, 3.8) is 0 Å². The Morgan fingerprint density at radius 2 is 0.600 bits per heavy atom. The van der Waals surface area contributed by atoms with Gasteiger partial charge in [-0.1, -0.05) is 22.3 Å². The van der Waals surface area contributed by atoms with Gasteiger partial charge in [-0.25, -0.2) is 0 Å². The van der Waals surface area contributed by atoms with Crippen molar-refractivity contribution in [1.82, 2.24) is 0 Å². The third-order valence-corrected chi connectivity index (χ3v) is 0. The summed E-state index contributed by atoms with van der Waals surface area (Å²) in [5, 5.41) is 0. The molecule has 36 valence electrons. The molecule has 0 nitrogen and oxygen atoms in total. The van der Waals surface area contributed by atoms with Gasteiger partial charge in [0.05, 0.1) is 0 Å². The normalized spacial score (nSPS) is 0. The molecule has 4 radical (unpaired) electrons. The number of hydrogen-bond donors (Lipinski definition) is 0. The summed E-state index contributed by atoms with van der Waals surface area (Å²) in [5.74, 6) is 0. The smallest absolute Gasteiger partial charge is 0 e. The maximum atomic E-state index is 0. The van der Waals surface area contributed by atoms with E-state index in [0.29, 0.717) is 0 Å². The molecule has 0 aromatic heterocycles. The Morgan fingerprint density at radius 1 is 0.600 bits per heavy atom. The largest absolute Gasteiger partial charge is 1.00 e. The van der Waals surface area contributed by atoms with Crippen LogP contribution in [0.1, 0.15) is 22.3 Å². The van der Waals surface area contributed by atoms with Crippen molar-refractivity contribution in [2.45, 2.75) is 22.3 Å². The first-order valence-electron chi connectivity index (χ1n) is 0. The van der Waals surface area contributed by atoms with Crippen molar-refractivity contribution in [3.8, 4) is 0 Å². The van der Waals surface area contributed by atoms with Gasteiger partial charge in [0, 0.05) is 23.9 Å². The van der Waals surface area contributed by atoms with Crippen LogP contribution in [0.5, 0.6) is 0 Å². The van der Waals surface area contributed by atoms with Crippen molar-refractivity contribution in [1.29, 1.82) is 0 Å². The van der Waals surface area contributed by atoms with Crippen LogP contribution in [0.2, 0.25) is 0 Å². The van der Waals surface area contributed by atoms with Gasteiger partial charge in [0.1, 0.15) is 0 Å². The first kappa shape index (κ1) is 241. The van der Waals surface area contributed by atoms with Crippen molar-refractivity contribution in [2.75, 3.05) is 0 Å². The van der Waals surface area contributed by atoms with Gasteiger partial charge in [-0.15, -0.1) is 0 Å². The van der Waals surface area contributed by atoms with Gasteiger partial charge in [0.2, 0.25) is 0 Å². The monoisotopic (exact) mass is 187 g/mol. The Balaban J connectivity index is 0. The molecule has 2 heteroatoms. The van der Waals surface area contributed by atoms with E-state index in [1.165, 1.54) is 0 Å². The van der Waals surface area contributed by atoms with Crippen LogP contribution in [0.4, 0.5) is 0 Å². The zero-order valence-electron chi connectivity index (χ0n) is 0.878. The summed E-state index contributed by atoms with van der Waals surface area (Å²) in [6.07, 6.45) is 0. The van der Waals surface area contributed by atoms with Crippen LogP contribution >= 0.6 is 0 Å². The molecule has 0 saturated heterocycles. The number of halogens is 1. The summed E-state index contributed by atoms with van der Waals surface area (Å²) in [7, 11) is 0. The van der Waals surface area contributed by atoms with Crippen LogP contribution < -0.4 is 4.70 Å². The van der Waals surface area contributed by atoms with E-state index >= 15 is 0 Å². The second-order valence-electron chi connectivity index (χ2n) is 0. The molecule has 0 saturated carbocycles. The molecule has 0 N–H and O–H groups in total. The van der Waals surface area contributed by atoms with E-state index in [9.17, 15) is 0 Å². The fraction of sp³-hybridized carbons (Fsp3) is 1.00. The Hall–Kier alpha value is 0.729. The fourth-order valence-electron chi connectivity index (χ4n) is 0. The second kappa shape index (κ2) is 124. The number of hydrogen-bond acceptors (Lipinski definition) is 0. The molecular formula is C3H12FSn-. The molecule has 5 heavy (non-hydrogen) atoms. The van der Waals surface area contributed by atoms with Crippen LogP contribution in [0.3, 0.4) is 0 Å². The summed E-state index contributed by atoms with van der Waals surface area (Å²) in [6.45, 7) is 0. The maximum absolute atomic E-state index is 0. The third-order valence-electron chi connectivity index (χ3n) is 0. The van der Waals surface area contributed by atoms with E-state index < -0.39 is 0 Å². The average Bonchev–Trinajstić information content (AvgIpc) is 0. The van der Waals surface area contributed by atoms with E-state index in [4.69, 9.17) is 0 Å². The number of rotatable bonds is 0. The SMILES string of the molecule is C.C.C.[F-].[Sn]. The first-order chi connectivity index (χ1) is 0. The molecule has 0 amide bonds. The van der Waals surface area contributed by atoms with Gasteiger partial charge in [0.15, 0.2) is 0 Å². The molecule has 0 heterocycles. The van der Waals surface area contributed by atoms with Crippen LogP contribution in [0.15, 0.2) is 0 Å². The van der Waals surface area contributed by atoms with Crippen LogP contribution in [0, 0.1) is 0 Å². The Labute approximate surface area is 51.3 Å². The van der Waals surface area contributed by atoms with Crippen molar-refractivity contribution < 1.29 is 4.70 Å². The molecule has 0 unspecified atom stereocenters. The second-order valence-corrected chi connectivity index (χ2v) is 0. The molecule has 0 aliphatic heterocycles. The van der Waals surface area contributed by atoms with E-state index in [1.54, 1.807) is 0 Å². The van der Waals surface area contributed by atoms with Gasteiger partial charge in [0.25, 0.3) is 0 Å². The summed E-state index contributed by atoms with van der Waals surface area (Å²) in [4.78, 5) is 0. The van der Waals surface area contributed by atoms with Crippen LogP contribution in [0.25, 0.3) is 0 Å². The molecule has 0 fully saturated rings. The van der Waals surface area contributed by atoms with Gasteiger partial charge in [-0.05, 0) is 0 Å². The molecule has 0 bridgehead atoms. The summed E-state index contributed by atoms with van der Waals surface area (Å²) < 4.78 is 0. The van der Waals surface area contributed by atoms with E-state index in [2.05, 4.69) is 0 Å². The van der Waals surface area contributed by atoms with Crippen LogP contribution in [-0.2, 0) is 0 Å². The molecule has 0 aliphatic rings. The van der Waals surface area contributed by atoms with Gasteiger partial charge < -0.3 is 4.70 Å². The molecule has 0 rings (SSSR count). The maximum Gasteiger partial charge on any atom is 0 e. The van der Waals surface area contributed by atoms with Crippen molar-refractivity contribution in [3.05, 3.63) is 0 Å². The minimum Gasteiger partial charge on any atom is -1.00 e. The van der Waals surface area contributed by atoms with Gasteiger partial charge in [-0.2, -0.15) is 0 Å². The van der Waals surface area contributed by atoms with Crippen molar-refractivity contribution in [2.24, 2.45) is 0 Å². The third kappa shape index (κ3) is 66.3. The molecule has 0 atom stereocenters. The topological polar surface area (TPSA) is 0 Å². The summed E-state index contributed by atoms with van der Waals surface area (Å²) in [6, 6.07) is 0.